The largest absolute Gasteiger partial charge is 0.392 e. The fourth-order valence-electron chi connectivity index (χ4n) is 2.81. The molecule has 1 aliphatic rings. The van der Waals surface area contributed by atoms with Gasteiger partial charge in [0.05, 0.1) is 10.9 Å². The second kappa shape index (κ2) is 6.27. The van der Waals surface area contributed by atoms with Crippen LogP contribution in [0, 0.1) is 0 Å². The summed E-state index contributed by atoms with van der Waals surface area (Å²) in [7, 11) is 0. The predicted octanol–water partition coefficient (Wildman–Crippen LogP) is 4.06. The van der Waals surface area contributed by atoms with E-state index in [9.17, 15) is 5.11 Å². The third kappa shape index (κ3) is 3.07. The molecule has 1 aromatic carbocycles. The molecule has 0 saturated carbocycles. The lowest BCUT2D eigenvalue weighted by atomic mass is 9.94. The van der Waals surface area contributed by atoms with Gasteiger partial charge in [0, 0.05) is 17.5 Å². The first-order valence-corrected chi connectivity index (χ1v) is 8.16. The van der Waals surface area contributed by atoms with Crippen molar-refractivity contribution < 1.29 is 5.11 Å². The number of thiophene rings is 1. The van der Waals surface area contributed by atoms with Gasteiger partial charge in [-0.05, 0) is 42.0 Å². The fourth-order valence-corrected chi connectivity index (χ4v) is 4.20. The Labute approximate surface area is 128 Å². The molecule has 0 spiro atoms. The first-order valence-electron chi connectivity index (χ1n) is 6.96. The highest BCUT2D eigenvalue weighted by molar-refractivity contribution is 7.16. The molecule has 1 heterocycles. The molecule has 0 fully saturated rings. The fraction of sp³-hybridized carbons (Fsp3) is 0.375. The summed E-state index contributed by atoms with van der Waals surface area (Å²) in [4.78, 5) is 1.43. The van der Waals surface area contributed by atoms with Crippen LogP contribution in [-0.2, 0) is 19.6 Å². The number of aliphatic hydroxyl groups is 1. The van der Waals surface area contributed by atoms with Crippen molar-refractivity contribution in [3.05, 3.63) is 56.2 Å². The maximum absolute atomic E-state index is 9.18. The van der Waals surface area contributed by atoms with Crippen molar-refractivity contribution in [2.75, 3.05) is 0 Å². The summed E-state index contributed by atoms with van der Waals surface area (Å²) in [6.07, 6.45) is 3.54. The number of nitrogens with one attached hydrogen (secondary N) is 1. The molecule has 0 radical (unpaired) electrons. The Bertz CT molecular complexity index is 596. The average Bonchev–Trinajstić information content (AvgIpc) is 2.86. The molecule has 20 heavy (non-hydrogen) atoms. The lowest BCUT2D eigenvalue weighted by Gasteiger charge is -2.23. The predicted molar refractivity (Wildman–Crippen MR) is 84.2 cm³/mol. The molecule has 2 nitrogen and oxygen atoms in total. The molecule has 2 N–H and O–H groups in total. The van der Waals surface area contributed by atoms with E-state index in [4.69, 9.17) is 11.6 Å². The highest BCUT2D eigenvalue weighted by atomic mass is 35.5. The van der Waals surface area contributed by atoms with Crippen LogP contribution in [-0.4, -0.2) is 5.11 Å². The Morgan fingerprint density at radius 1 is 1.30 bits per heavy atom. The quantitative estimate of drug-likeness (QED) is 0.892. The summed E-state index contributed by atoms with van der Waals surface area (Å²) in [5.41, 5.74) is 3.56. The number of rotatable bonds is 4. The Morgan fingerprint density at radius 2 is 2.15 bits per heavy atom. The van der Waals surface area contributed by atoms with E-state index < -0.39 is 0 Å². The summed E-state index contributed by atoms with van der Waals surface area (Å²) < 4.78 is 0.894. The number of benzene rings is 1. The van der Waals surface area contributed by atoms with Crippen LogP contribution in [0.1, 0.15) is 40.5 Å². The second-order valence-electron chi connectivity index (χ2n) is 5.23. The van der Waals surface area contributed by atoms with Crippen LogP contribution in [0.2, 0.25) is 4.34 Å². The molecule has 0 bridgehead atoms. The molecule has 1 aliphatic carbocycles. The molecule has 4 heteroatoms. The molecule has 3 rings (SSSR count). The number of hydrogen-bond acceptors (Lipinski definition) is 3. The van der Waals surface area contributed by atoms with Gasteiger partial charge in [-0.3, -0.25) is 0 Å². The lowest BCUT2D eigenvalue weighted by molar-refractivity contribution is 0.281. The van der Waals surface area contributed by atoms with Crippen LogP contribution >= 0.6 is 22.9 Å². The maximum atomic E-state index is 9.18. The highest BCUT2D eigenvalue weighted by Crippen LogP contribution is 2.37. The van der Waals surface area contributed by atoms with Crippen LogP contribution in [0.3, 0.4) is 0 Å². The number of halogens is 1. The third-order valence-corrected chi connectivity index (χ3v) is 5.15. The minimum Gasteiger partial charge on any atom is -0.392 e. The normalized spacial score (nSPS) is 18.0. The zero-order chi connectivity index (χ0) is 13.9. The van der Waals surface area contributed by atoms with Gasteiger partial charge in [-0.1, -0.05) is 35.9 Å². The van der Waals surface area contributed by atoms with Gasteiger partial charge >= 0.3 is 0 Å². The summed E-state index contributed by atoms with van der Waals surface area (Å²) in [6.45, 7) is 0.924. The maximum Gasteiger partial charge on any atom is 0.0934 e. The summed E-state index contributed by atoms with van der Waals surface area (Å²) >= 11 is 7.85. The number of aryl methyl sites for hydroxylation is 1. The molecule has 0 amide bonds. The molecule has 1 aromatic heterocycles. The molecule has 0 saturated heterocycles. The van der Waals surface area contributed by atoms with E-state index in [-0.39, 0.29) is 6.61 Å². The second-order valence-corrected chi connectivity index (χ2v) is 7.00. The minimum absolute atomic E-state index is 0.0988. The Kier molecular flexibility index (Phi) is 4.41. The van der Waals surface area contributed by atoms with Crippen molar-refractivity contribution in [3.8, 4) is 0 Å². The molecule has 2 aromatic rings. The van der Waals surface area contributed by atoms with Crippen LogP contribution in [0.25, 0.3) is 0 Å². The van der Waals surface area contributed by atoms with Crippen LogP contribution in [0.5, 0.6) is 0 Å². The first kappa shape index (κ1) is 14.1. The molecule has 1 unspecified atom stereocenters. The third-order valence-electron chi connectivity index (χ3n) is 3.81. The Balaban J connectivity index is 1.69. The van der Waals surface area contributed by atoms with E-state index in [1.165, 1.54) is 28.8 Å². The minimum atomic E-state index is 0.0988. The summed E-state index contributed by atoms with van der Waals surface area (Å²) in [6, 6.07) is 10.6. The van der Waals surface area contributed by atoms with Gasteiger partial charge in [0.25, 0.3) is 0 Å². The zero-order valence-electron chi connectivity index (χ0n) is 11.2. The Morgan fingerprint density at radius 3 is 3.00 bits per heavy atom. The monoisotopic (exact) mass is 307 g/mol. The Hall–Kier alpha value is -0.870. The average molecular weight is 308 g/mol. The van der Waals surface area contributed by atoms with Gasteiger partial charge in [0.1, 0.15) is 0 Å². The van der Waals surface area contributed by atoms with E-state index in [1.54, 1.807) is 11.3 Å². The SMILES string of the molecule is OCc1cccc(CNC2CCCc3sc(Cl)cc32)c1. The standard InChI is InChI=1S/C16H18ClNOS/c17-16-8-13-14(5-2-6-15(13)20-16)18-9-11-3-1-4-12(7-11)10-19/h1,3-4,7-8,14,18-19H,2,5-6,9-10H2. The zero-order valence-corrected chi connectivity index (χ0v) is 12.8. The van der Waals surface area contributed by atoms with Crippen molar-refractivity contribution in [3.63, 3.8) is 0 Å². The van der Waals surface area contributed by atoms with Crippen LogP contribution in [0.15, 0.2) is 30.3 Å². The molecule has 1 atom stereocenters. The van der Waals surface area contributed by atoms with Crippen molar-refractivity contribution in [1.29, 1.82) is 0 Å². The lowest BCUT2D eigenvalue weighted by Crippen LogP contribution is -2.23. The molecule has 0 aliphatic heterocycles. The van der Waals surface area contributed by atoms with E-state index in [1.807, 2.05) is 12.1 Å². The molecular weight excluding hydrogens is 290 g/mol. The summed E-state index contributed by atoms with van der Waals surface area (Å²) in [5, 5.41) is 12.8. The van der Waals surface area contributed by atoms with Gasteiger partial charge in [0.2, 0.25) is 0 Å². The van der Waals surface area contributed by atoms with Crippen molar-refractivity contribution >= 4 is 22.9 Å². The van der Waals surface area contributed by atoms with E-state index in [0.29, 0.717) is 6.04 Å². The van der Waals surface area contributed by atoms with Gasteiger partial charge in [0.15, 0.2) is 0 Å². The van der Waals surface area contributed by atoms with Gasteiger partial charge < -0.3 is 10.4 Å². The van der Waals surface area contributed by atoms with Crippen LogP contribution < -0.4 is 5.32 Å². The molecule has 106 valence electrons. The van der Waals surface area contributed by atoms with E-state index in [0.717, 1.165) is 22.9 Å². The van der Waals surface area contributed by atoms with Crippen LogP contribution in [0.4, 0.5) is 0 Å². The van der Waals surface area contributed by atoms with Crippen molar-refractivity contribution in [2.24, 2.45) is 0 Å². The van der Waals surface area contributed by atoms with Crippen molar-refractivity contribution in [2.45, 2.75) is 38.5 Å². The van der Waals surface area contributed by atoms with Gasteiger partial charge in [-0.2, -0.15) is 0 Å². The number of fused-ring (bicyclic) bond motifs is 1. The summed E-state index contributed by atoms with van der Waals surface area (Å²) in [5.74, 6) is 0. The van der Waals surface area contributed by atoms with E-state index >= 15 is 0 Å². The number of aliphatic hydroxyl groups excluding tert-OH is 1. The van der Waals surface area contributed by atoms with E-state index in [2.05, 4.69) is 23.5 Å². The smallest absolute Gasteiger partial charge is 0.0934 e. The number of hydrogen-bond donors (Lipinski definition) is 2. The molecular formula is C16H18ClNOS. The first-order chi connectivity index (χ1) is 9.76. The topological polar surface area (TPSA) is 32.3 Å². The van der Waals surface area contributed by atoms with Gasteiger partial charge in [-0.15, -0.1) is 11.3 Å². The highest BCUT2D eigenvalue weighted by Gasteiger charge is 2.22. The van der Waals surface area contributed by atoms with Gasteiger partial charge in [-0.25, -0.2) is 0 Å². The van der Waals surface area contributed by atoms with Crippen molar-refractivity contribution in [1.82, 2.24) is 5.32 Å².